The molecular weight excluding hydrogens is 242 g/mol. The molecule has 0 spiro atoms. The molecule has 0 heterocycles. The first-order valence-corrected chi connectivity index (χ1v) is 8.94. The molecular formula is C19H35N. The summed E-state index contributed by atoms with van der Waals surface area (Å²) >= 11 is 0. The maximum absolute atomic E-state index is 3.79. The summed E-state index contributed by atoms with van der Waals surface area (Å²) in [7, 11) is 0. The molecule has 0 aromatic rings. The molecule has 0 aliphatic heterocycles. The molecule has 0 aromatic carbocycles. The molecule has 1 rings (SSSR count). The average molecular weight is 277 g/mol. The standard InChI is InChI=1S/C19H35N/c1-4-7-9-11-19(20-16-6-3)18-14-12-17(13-15-18)10-8-5-2/h17-20H,5-6,8-16H2,1-3H3. The van der Waals surface area contributed by atoms with Gasteiger partial charge in [0.05, 0.1) is 0 Å². The highest BCUT2D eigenvalue weighted by Crippen LogP contribution is 2.34. The monoisotopic (exact) mass is 277 g/mol. The van der Waals surface area contributed by atoms with Gasteiger partial charge >= 0.3 is 0 Å². The summed E-state index contributed by atoms with van der Waals surface area (Å²) in [5.74, 6) is 8.20. The van der Waals surface area contributed by atoms with Crippen LogP contribution in [0.3, 0.4) is 0 Å². The molecule has 1 N–H and O–H groups in total. The van der Waals surface area contributed by atoms with E-state index >= 15 is 0 Å². The van der Waals surface area contributed by atoms with E-state index in [-0.39, 0.29) is 0 Å². The maximum atomic E-state index is 3.79. The van der Waals surface area contributed by atoms with Crippen LogP contribution in [0.4, 0.5) is 0 Å². The largest absolute Gasteiger partial charge is 0.314 e. The highest BCUT2D eigenvalue weighted by atomic mass is 14.9. The first-order chi connectivity index (χ1) is 9.81. The molecule has 1 unspecified atom stereocenters. The van der Waals surface area contributed by atoms with Crippen molar-refractivity contribution in [1.82, 2.24) is 5.32 Å². The second-order valence-corrected chi connectivity index (χ2v) is 6.45. The zero-order valence-corrected chi connectivity index (χ0v) is 14.0. The Morgan fingerprint density at radius 1 is 1.10 bits per heavy atom. The van der Waals surface area contributed by atoms with Gasteiger partial charge in [-0.1, -0.05) is 46.0 Å². The van der Waals surface area contributed by atoms with Gasteiger partial charge in [-0.2, -0.15) is 0 Å². The number of rotatable bonds is 9. The Kier molecular flexibility index (Phi) is 9.85. The van der Waals surface area contributed by atoms with E-state index in [1.807, 2.05) is 6.92 Å². The third kappa shape index (κ3) is 6.80. The highest BCUT2D eigenvalue weighted by Gasteiger charge is 2.26. The van der Waals surface area contributed by atoms with Crippen LogP contribution in [0.25, 0.3) is 0 Å². The molecule has 1 saturated carbocycles. The molecule has 116 valence electrons. The summed E-state index contributed by atoms with van der Waals surface area (Å²) in [5.41, 5.74) is 0. The minimum Gasteiger partial charge on any atom is -0.314 e. The topological polar surface area (TPSA) is 12.0 Å². The van der Waals surface area contributed by atoms with Crippen LogP contribution in [0.5, 0.6) is 0 Å². The molecule has 1 aliphatic carbocycles. The Bertz CT molecular complexity index is 278. The van der Waals surface area contributed by atoms with Gasteiger partial charge in [-0.3, -0.25) is 0 Å². The van der Waals surface area contributed by atoms with Crippen molar-refractivity contribution >= 4 is 0 Å². The average Bonchev–Trinajstić information content (AvgIpc) is 2.49. The van der Waals surface area contributed by atoms with Crippen molar-refractivity contribution in [1.29, 1.82) is 0 Å². The zero-order chi connectivity index (χ0) is 14.6. The molecule has 0 aromatic heterocycles. The van der Waals surface area contributed by atoms with Gasteiger partial charge in [-0.05, 0) is 51.0 Å². The second-order valence-electron chi connectivity index (χ2n) is 6.45. The van der Waals surface area contributed by atoms with E-state index in [0.717, 1.165) is 18.3 Å². The van der Waals surface area contributed by atoms with Gasteiger partial charge in [0, 0.05) is 12.5 Å². The van der Waals surface area contributed by atoms with Crippen molar-refractivity contribution in [3.8, 4) is 11.8 Å². The third-order valence-electron chi connectivity index (χ3n) is 4.84. The van der Waals surface area contributed by atoms with Crippen LogP contribution in [0, 0.1) is 23.7 Å². The Morgan fingerprint density at radius 2 is 1.85 bits per heavy atom. The summed E-state index contributed by atoms with van der Waals surface area (Å²) in [6, 6.07) is 0.711. The Labute approximate surface area is 127 Å². The molecule has 1 atom stereocenters. The number of hydrogen-bond acceptors (Lipinski definition) is 1. The van der Waals surface area contributed by atoms with Gasteiger partial charge in [-0.25, -0.2) is 0 Å². The van der Waals surface area contributed by atoms with Crippen molar-refractivity contribution in [2.45, 2.75) is 91.0 Å². The van der Waals surface area contributed by atoms with Gasteiger partial charge < -0.3 is 5.32 Å². The fourth-order valence-electron chi connectivity index (χ4n) is 3.56. The van der Waals surface area contributed by atoms with Gasteiger partial charge in [0.25, 0.3) is 0 Å². The van der Waals surface area contributed by atoms with Crippen molar-refractivity contribution in [2.75, 3.05) is 6.54 Å². The minimum absolute atomic E-state index is 0.711. The van der Waals surface area contributed by atoms with E-state index < -0.39 is 0 Å². The Hall–Kier alpha value is -0.480. The zero-order valence-electron chi connectivity index (χ0n) is 14.0. The van der Waals surface area contributed by atoms with Crippen molar-refractivity contribution in [2.24, 2.45) is 11.8 Å². The van der Waals surface area contributed by atoms with Gasteiger partial charge in [0.2, 0.25) is 0 Å². The summed E-state index contributed by atoms with van der Waals surface area (Å²) in [6.45, 7) is 7.69. The molecule has 0 amide bonds. The van der Waals surface area contributed by atoms with Crippen LogP contribution in [0.15, 0.2) is 0 Å². The van der Waals surface area contributed by atoms with Crippen LogP contribution < -0.4 is 5.32 Å². The third-order valence-corrected chi connectivity index (χ3v) is 4.84. The van der Waals surface area contributed by atoms with Crippen LogP contribution in [0.2, 0.25) is 0 Å². The van der Waals surface area contributed by atoms with Crippen molar-refractivity contribution < 1.29 is 0 Å². The quantitative estimate of drug-likeness (QED) is 0.574. The summed E-state index contributed by atoms with van der Waals surface area (Å²) in [5, 5.41) is 3.79. The predicted octanol–water partition coefficient (Wildman–Crippen LogP) is 5.15. The van der Waals surface area contributed by atoms with E-state index in [1.54, 1.807) is 0 Å². The summed E-state index contributed by atoms with van der Waals surface area (Å²) < 4.78 is 0. The van der Waals surface area contributed by atoms with Crippen LogP contribution >= 0.6 is 0 Å². The summed E-state index contributed by atoms with van der Waals surface area (Å²) in [6.07, 6.45) is 13.6. The number of hydrogen-bond donors (Lipinski definition) is 1. The lowest BCUT2D eigenvalue weighted by Crippen LogP contribution is -2.38. The molecule has 20 heavy (non-hydrogen) atoms. The molecule has 1 heteroatoms. The Balaban J connectivity index is 2.36. The SMILES string of the molecule is CC#CCCC(NCCC)C1CCC(CCCC)CC1. The Morgan fingerprint density at radius 3 is 2.45 bits per heavy atom. The fraction of sp³-hybridized carbons (Fsp3) is 0.895. The van der Waals surface area contributed by atoms with Crippen LogP contribution in [-0.2, 0) is 0 Å². The van der Waals surface area contributed by atoms with Crippen LogP contribution in [0.1, 0.15) is 85.0 Å². The lowest BCUT2D eigenvalue weighted by atomic mass is 9.76. The number of nitrogens with one attached hydrogen (secondary N) is 1. The second kappa shape index (κ2) is 11.2. The van der Waals surface area contributed by atoms with E-state index in [4.69, 9.17) is 0 Å². The first kappa shape index (κ1) is 17.6. The fourth-order valence-corrected chi connectivity index (χ4v) is 3.56. The lowest BCUT2D eigenvalue weighted by Gasteiger charge is -2.34. The van der Waals surface area contributed by atoms with Gasteiger partial charge in [-0.15, -0.1) is 11.8 Å². The molecule has 0 radical (unpaired) electrons. The van der Waals surface area contributed by atoms with E-state index in [9.17, 15) is 0 Å². The first-order valence-electron chi connectivity index (χ1n) is 8.94. The van der Waals surface area contributed by atoms with E-state index in [2.05, 4.69) is 31.0 Å². The molecule has 1 nitrogen and oxygen atoms in total. The van der Waals surface area contributed by atoms with Gasteiger partial charge in [0.15, 0.2) is 0 Å². The predicted molar refractivity (Wildman–Crippen MR) is 89.7 cm³/mol. The molecule has 1 aliphatic rings. The smallest absolute Gasteiger partial charge is 0.0104 e. The van der Waals surface area contributed by atoms with Crippen molar-refractivity contribution in [3.05, 3.63) is 0 Å². The number of unbranched alkanes of at least 4 members (excludes halogenated alkanes) is 1. The maximum Gasteiger partial charge on any atom is 0.0104 e. The molecule has 1 fully saturated rings. The normalized spacial score (nSPS) is 23.9. The molecule has 0 saturated heterocycles. The van der Waals surface area contributed by atoms with E-state index in [0.29, 0.717) is 6.04 Å². The lowest BCUT2D eigenvalue weighted by molar-refractivity contribution is 0.207. The van der Waals surface area contributed by atoms with Crippen molar-refractivity contribution in [3.63, 3.8) is 0 Å². The van der Waals surface area contributed by atoms with Gasteiger partial charge in [0.1, 0.15) is 0 Å². The minimum atomic E-state index is 0.711. The summed E-state index contributed by atoms with van der Waals surface area (Å²) in [4.78, 5) is 0. The van der Waals surface area contributed by atoms with Crippen LogP contribution in [-0.4, -0.2) is 12.6 Å². The highest BCUT2D eigenvalue weighted by molar-refractivity contribution is 4.96. The van der Waals surface area contributed by atoms with E-state index in [1.165, 1.54) is 64.3 Å². The molecule has 0 bridgehead atoms.